The molecule has 5 nitrogen and oxygen atoms in total. The van der Waals surface area contributed by atoms with E-state index < -0.39 is 10.0 Å². The van der Waals surface area contributed by atoms with Crippen LogP contribution < -0.4 is 10.5 Å². The maximum absolute atomic E-state index is 12.3. The third kappa shape index (κ3) is 2.87. The van der Waals surface area contributed by atoms with E-state index in [0.29, 0.717) is 16.4 Å². The average molecular weight is 297 g/mol. The fourth-order valence-electron chi connectivity index (χ4n) is 1.70. The third-order valence-electron chi connectivity index (χ3n) is 2.67. The second kappa shape index (κ2) is 4.82. The molecule has 0 aliphatic rings. The Morgan fingerprint density at radius 2 is 1.95 bits per heavy atom. The summed E-state index contributed by atoms with van der Waals surface area (Å²) < 4.78 is 27.1. The first-order valence-corrected chi connectivity index (χ1v) is 7.97. The van der Waals surface area contributed by atoms with E-state index in [2.05, 4.69) is 9.71 Å². The van der Waals surface area contributed by atoms with Crippen molar-refractivity contribution in [1.82, 2.24) is 4.98 Å². The van der Waals surface area contributed by atoms with Gasteiger partial charge in [0.2, 0.25) is 0 Å². The summed E-state index contributed by atoms with van der Waals surface area (Å²) in [6.45, 7) is 5.31. The van der Waals surface area contributed by atoms with Crippen LogP contribution in [-0.4, -0.2) is 13.4 Å². The van der Waals surface area contributed by atoms with E-state index in [-0.39, 0.29) is 4.90 Å². The van der Waals surface area contributed by atoms with Crippen molar-refractivity contribution in [2.45, 2.75) is 25.7 Å². The Morgan fingerprint density at radius 1 is 1.26 bits per heavy atom. The highest BCUT2D eigenvalue weighted by molar-refractivity contribution is 7.93. The minimum atomic E-state index is -3.66. The molecule has 1 heterocycles. The van der Waals surface area contributed by atoms with E-state index in [9.17, 15) is 8.42 Å². The van der Waals surface area contributed by atoms with Gasteiger partial charge >= 0.3 is 0 Å². The van der Waals surface area contributed by atoms with Gasteiger partial charge in [-0.3, -0.25) is 4.72 Å². The van der Waals surface area contributed by atoms with Gasteiger partial charge in [-0.2, -0.15) is 0 Å². The number of nitrogen functional groups attached to an aromatic ring is 1. The molecule has 0 saturated carbocycles. The van der Waals surface area contributed by atoms with Gasteiger partial charge in [0.05, 0.1) is 10.6 Å². The highest BCUT2D eigenvalue weighted by atomic mass is 32.2. The Kier molecular flexibility index (Phi) is 3.51. The molecule has 19 heavy (non-hydrogen) atoms. The molecule has 102 valence electrons. The van der Waals surface area contributed by atoms with Crippen LogP contribution in [0.3, 0.4) is 0 Å². The number of nitrogens with zero attached hydrogens (tertiary/aromatic N) is 1. The molecule has 0 amide bonds. The first kappa shape index (κ1) is 13.8. The Hall–Kier alpha value is -1.60. The van der Waals surface area contributed by atoms with Crippen LogP contribution in [0.5, 0.6) is 0 Å². The summed E-state index contributed by atoms with van der Waals surface area (Å²) in [6, 6.07) is 3.36. The molecule has 0 spiro atoms. The minimum Gasteiger partial charge on any atom is -0.398 e. The molecule has 1 aromatic carbocycles. The van der Waals surface area contributed by atoms with Crippen LogP contribution in [0.2, 0.25) is 0 Å². The molecule has 2 rings (SSSR count). The summed E-state index contributed by atoms with van der Waals surface area (Å²) in [5.41, 5.74) is 8.41. The van der Waals surface area contributed by atoms with E-state index in [1.807, 2.05) is 13.8 Å². The highest BCUT2D eigenvalue weighted by Crippen LogP contribution is 2.26. The van der Waals surface area contributed by atoms with Crippen LogP contribution in [0.15, 0.2) is 22.4 Å². The van der Waals surface area contributed by atoms with E-state index in [4.69, 9.17) is 5.73 Å². The van der Waals surface area contributed by atoms with E-state index in [1.165, 1.54) is 11.3 Å². The summed E-state index contributed by atoms with van der Waals surface area (Å²) in [7, 11) is -3.66. The summed E-state index contributed by atoms with van der Waals surface area (Å²) in [6.07, 6.45) is 0. The molecule has 2 aromatic rings. The second-order valence-electron chi connectivity index (χ2n) is 4.38. The standard InChI is InChI=1S/C12H15N3O2S2/c1-7-4-10(13)9(3)11(5-7)19(16,17)15-12-14-8(2)6-18-12/h4-6H,13H2,1-3H3,(H,14,15). The van der Waals surface area contributed by atoms with Gasteiger partial charge in [0.15, 0.2) is 5.13 Å². The van der Waals surface area contributed by atoms with Crippen LogP contribution >= 0.6 is 11.3 Å². The van der Waals surface area contributed by atoms with Gasteiger partial charge in [0, 0.05) is 11.1 Å². The number of aromatic nitrogens is 1. The summed E-state index contributed by atoms with van der Waals surface area (Å²) in [4.78, 5) is 4.29. The molecule has 0 unspecified atom stereocenters. The van der Waals surface area contributed by atoms with Crippen LogP contribution in [-0.2, 0) is 10.0 Å². The smallest absolute Gasteiger partial charge is 0.264 e. The molecule has 0 fully saturated rings. The number of aryl methyl sites for hydroxylation is 2. The van der Waals surface area contributed by atoms with Crippen molar-refractivity contribution >= 4 is 32.2 Å². The molecule has 1 aromatic heterocycles. The quantitative estimate of drug-likeness (QED) is 0.852. The molecule has 7 heteroatoms. The van der Waals surface area contributed by atoms with Gasteiger partial charge in [-0.1, -0.05) is 0 Å². The molecular weight excluding hydrogens is 282 g/mol. The average Bonchev–Trinajstić information content (AvgIpc) is 2.68. The lowest BCUT2D eigenvalue weighted by Gasteiger charge is -2.11. The molecule has 0 atom stereocenters. The maximum atomic E-state index is 12.3. The SMILES string of the molecule is Cc1cc(N)c(C)c(S(=O)(=O)Nc2nc(C)cs2)c1. The highest BCUT2D eigenvalue weighted by Gasteiger charge is 2.20. The largest absolute Gasteiger partial charge is 0.398 e. The molecule has 0 aliphatic heterocycles. The second-order valence-corrected chi connectivity index (χ2v) is 6.89. The predicted molar refractivity (Wildman–Crippen MR) is 78.0 cm³/mol. The van der Waals surface area contributed by atoms with Crippen molar-refractivity contribution in [2.75, 3.05) is 10.5 Å². The van der Waals surface area contributed by atoms with Crippen molar-refractivity contribution in [2.24, 2.45) is 0 Å². The van der Waals surface area contributed by atoms with Gasteiger partial charge in [-0.15, -0.1) is 11.3 Å². The van der Waals surface area contributed by atoms with E-state index in [1.54, 1.807) is 24.4 Å². The van der Waals surface area contributed by atoms with Crippen LogP contribution in [0.1, 0.15) is 16.8 Å². The zero-order valence-corrected chi connectivity index (χ0v) is 12.5. The number of rotatable bonds is 3. The lowest BCUT2D eigenvalue weighted by atomic mass is 10.1. The maximum Gasteiger partial charge on any atom is 0.264 e. The Bertz CT molecular complexity index is 721. The number of hydrogen-bond acceptors (Lipinski definition) is 5. The fraction of sp³-hybridized carbons (Fsp3) is 0.250. The van der Waals surface area contributed by atoms with Crippen LogP contribution in [0.4, 0.5) is 10.8 Å². The van der Waals surface area contributed by atoms with Gasteiger partial charge in [-0.05, 0) is 44.0 Å². The molecular formula is C12H15N3O2S2. The van der Waals surface area contributed by atoms with Crippen LogP contribution in [0, 0.1) is 20.8 Å². The van der Waals surface area contributed by atoms with Gasteiger partial charge in [0.1, 0.15) is 0 Å². The Labute approximate surface area is 116 Å². The topological polar surface area (TPSA) is 85.1 Å². The Morgan fingerprint density at radius 3 is 2.53 bits per heavy atom. The van der Waals surface area contributed by atoms with Crippen molar-refractivity contribution in [1.29, 1.82) is 0 Å². The molecule has 0 aliphatic carbocycles. The monoisotopic (exact) mass is 297 g/mol. The number of sulfonamides is 1. The van der Waals surface area contributed by atoms with Gasteiger partial charge < -0.3 is 5.73 Å². The molecule has 3 N–H and O–H groups in total. The predicted octanol–water partition coefficient (Wildman–Crippen LogP) is 2.45. The van der Waals surface area contributed by atoms with Crippen LogP contribution in [0.25, 0.3) is 0 Å². The fourth-order valence-corrected chi connectivity index (χ4v) is 4.00. The normalized spacial score (nSPS) is 11.5. The summed E-state index contributed by atoms with van der Waals surface area (Å²) in [5.74, 6) is 0. The van der Waals surface area contributed by atoms with Crippen molar-refractivity contribution in [3.63, 3.8) is 0 Å². The molecule has 0 saturated heterocycles. The number of hydrogen-bond donors (Lipinski definition) is 2. The van der Waals surface area contributed by atoms with E-state index >= 15 is 0 Å². The molecule has 0 radical (unpaired) electrons. The van der Waals surface area contributed by atoms with Crippen molar-refractivity contribution in [3.8, 4) is 0 Å². The third-order valence-corrected chi connectivity index (χ3v) is 5.14. The number of benzene rings is 1. The number of nitrogens with one attached hydrogen (secondary N) is 1. The van der Waals surface area contributed by atoms with E-state index in [0.717, 1.165) is 11.3 Å². The summed E-state index contributed by atoms with van der Waals surface area (Å²) in [5, 5.41) is 2.15. The zero-order chi connectivity index (χ0) is 14.2. The molecule has 0 bridgehead atoms. The first-order valence-electron chi connectivity index (χ1n) is 5.61. The first-order chi connectivity index (χ1) is 8.79. The number of nitrogens with two attached hydrogens (primary N) is 1. The lowest BCUT2D eigenvalue weighted by molar-refractivity contribution is 0.600. The number of anilines is 2. The van der Waals surface area contributed by atoms with Crippen molar-refractivity contribution < 1.29 is 8.42 Å². The zero-order valence-electron chi connectivity index (χ0n) is 10.9. The van der Waals surface area contributed by atoms with Crippen molar-refractivity contribution in [3.05, 3.63) is 34.3 Å². The number of thiazole rings is 1. The minimum absolute atomic E-state index is 0.192. The Balaban J connectivity index is 2.45. The summed E-state index contributed by atoms with van der Waals surface area (Å²) >= 11 is 1.25. The van der Waals surface area contributed by atoms with Gasteiger partial charge in [-0.25, -0.2) is 13.4 Å². The lowest BCUT2D eigenvalue weighted by Crippen LogP contribution is -2.15. The van der Waals surface area contributed by atoms with Gasteiger partial charge in [0.25, 0.3) is 10.0 Å².